The number of benzene rings is 2. The van der Waals surface area contributed by atoms with Gasteiger partial charge in [0.05, 0.1) is 5.56 Å². The minimum atomic E-state index is -0.0707. The highest BCUT2D eigenvalue weighted by Crippen LogP contribution is 2.37. The third-order valence-electron chi connectivity index (χ3n) is 6.48. The van der Waals surface area contributed by atoms with Gasteiger partial charge in [-0.05, 0) is 62.8 Å². The van der Waals surface area contributed by atoms with Gasteiger partial charge in [0, 0.05) is 30.8 Å². The lowest BCUT2D eigenvalue weighted by Crippen LogP contribution is -2.44. The lowest BCUT2D eigenvalue weighted by Gasteiger charge is -2.39. The fraction of sp³-hybridized carbons (Fsp3) is 0.417. The Kier molecular flexibility index (Phi) is 5.07. The van der Waals surface area contributed by atoms with Crippen LogP contribution in [0, 0.1) is 19.3 Å². The Morgan fingerprint density at radius 1 is 0.929 bits per heavy atom. The summed E-state index contributed by atoms with van der Waals surface area (Å²) in [6, 6.07) is 13.1. The van der Waals surface area contributed by atoms with Crippen molar-refractivity contribution in [3.05, 3.63) is 70.3 Å². The highest BCUT2D eigenvalue weighted by molar-refractivity contribution is 6.16. The van der Waals surface area contributed by atoms with E-state index in [1.165, 1.54) is 6.42 Å². The van der Waals surface area contributed by atoms with E-state index in [-0.39, 0.29) is 11.7 Å². The highest BCUT2D eigenvalue weighted by atomic mass is 16.2. The summed E-state index contributed by atoms with van der Waals surface area (Å²) in [7, 11) is 0. The largest absolute Gasteiger partial charge is 0.339 e. The molecule has 4 heteroatoms. The molecule has 0 bridgehead atoms. The van der Waals surface area contributed by atoms with E-state index in [2.05, 4.69) is 5.32 Å². The van der Waals surface area contributed by atoms with Crippen LogP contribution in [0.3, 0.4) is 0 Å². The number of piperidine rings is 1. The van der Waals surface area contributed by atoms with E-state index in [4.69, 9.17) is 0 Å². The zero-order valence-corrected chi connectivity index (χ0v) is 16.8. The van der Waals surface area contributed by atoms with Crippen molar-refractivity contribution in [2.24, 2.45) is 5.41 Å². The molecule has 2 saturated heterocycles. The maximum Gasteiger partial charge on any atom is 0.254 e. The Morgan fingerprint density at radius 2 is 1.64 bits per heavy atom. The Balaban J connectivity index is 1.58. The average Bonchev–Trinajstić information content (AvgIpc) is 3.17. The molecule has 1 amide bonds. The van der Waals surface area contributed by atoms with E-state index in [0.29, 0.717) is 22.1 Å². The molecule has 0 unspecified atom stereocenters. The molecule has 2 aromatic rings. The van der Waals surface area contributed by atoms with E-state index in [1.54, 1.807) is 12.1 Å². The van der Waals surface area contributed by atoms with Gasteiger partial charge in [0.15, 0.2) is 5.78 Å². The van der Waals surface area contributed by atoms with E-state index >= 15 is 0 Å². The van der Waals surface area contributed by atoms with Crippen LogP contribution in [0.25, 0.3) is 0 Å². The molecule has 2 aliphatic heterocycles. The predicted molar refractivity (Wildman–Crippen MR) is 111 cm³/mol. The smallest absolute Gasteiger partial charge is 0.254 e. The van der Waals surface area contributed by atoms with Crippen LogP contribution in [0.2, 0.25) is 0 Å². The third-order valence-corrected chi connectivity index (χ3v) is 6.48. The van der Waals surface area contributed by atoms with Crippen molar-refractivity contribution >= 4 is 11.7 Å². The quantitative estimate of drug-likeness (QED) is 0.830. The Hall–Kier alpha value is -2.46. The number of amides is 1. The predicted octanol–water partition coefficient (Wildman–Crippen LogP) is 3.75. The monoisotopic (exact) mass is 376 g/mol. The van der Waals surface area contributed by atoms with E-state index in [0.717, 1.165) is 50.1 Å². The topological polar surface area (TPSA) is 49.4 Å². The van der Waals surface area contributed by atoms with Crippen molar-refractivity contribution in [2.75, 3.05) is 26.2 Å². The summed E-state index contributed by atoms with van der Waals surface area (Å²) in [6.07, 6.45) is 3.29. The van der Waals surface area contributed by atoms with E-state index < -0.39 is 0 Å². The average molecular weight is 377 g/mol. The highest BCUT2D eigenvalue weighted by Gasteiger charge is 2.38. The van der Waals surface area contributed by atoms with Crippen LogP contribution in [0.1, 0.15) is 56.7 Å². The van der Waals surface area contributed by atoms with Gasteiger partial charge in [-0.15, -0.1) is 0 Å². The number of carbonyl (C=O) groups excluding carboxylic acids is 2. The second-order valence-corrected chi connectivity index (χ2v) is 8.41. The molecule has 1 spiro atoms. The maximum atomic E-state index is 13.3. The summed E-state index contributed by atoms with van der Waals surface area (Å²) in [5, 5.41) is 3.46. The first-order valence-corrected chi connectivity index (χ1v) is 10.2. The van der Waals surface area contributed by atoms with Crippen molar-refractivity contribution in [1.29, 1.82) is 0 Å². The van der Waals surface area contributed by atoms with Crippen LogP contribution in [-0.2, 0) is 0 Å². The van der Waals surface area contributed by atoms with Gasteiger partial charge in [0.2, 0.25) is 0 Å². The summed E-state index contributed by atoms with van der Waals surface area (Å²) in [5.41, 5.74) is 4.05. The number of carbonyl (C=O) groups is 2. The molecule has 0 radical (unpaired) electrons. The fourth-order valence-corrected chi connectivity index (χ4v) is 4.57. The van der Waals surface area contributed by atoms with E-state index in [9.17, 15) is 9.59 Å². The molecular formula is C24H28N2O2. The molecule has 4 nitrogen and oxygen atoms in total. The van der Waals surface area contributed by atoms with Gasteiger partial charge in [0.1, 0.15) is 0 Å². The van der Waals surface area contributed by atoms with Crippen LogP contribution >= 0.6 is 0 Å². The van der Waals surface area contributed by atoms with Gasteiger partial charge in [-0.2, -0.15) is 0 Å². The molecule has 28 heavy (non-hydrogen) atoms. The first-order valence-electron chi connectivity index (χ1n) is 10.2. The number of nitrogens with one attached hydrogen (secondary N) is 1. The lowest BCUT2D eigenvalue weighted by molar-refractivity contribution is 0.0605. The molecule has 0 saturated carbocycles. The normalized spacial score (nSPS) is 18.4. The first-order chi connectivity index (χ1) is 13.5. The van der Waals surface area contributed by atoms with Gasteiger partial charge in [-0.3, -0.25) is 9.59 Å². The minimum absolute atomic E-state index is 0.0185. The Labute approximate surface area is 166 Å². The molecule has 0 atom stereocenters. The molecule has 2 heterocycles. The third kappa shape index (κ3) is 3.49. The van der Waals surface area contributed by atoms with Crippen molar-refractivity contribution in [3.63, 3.8) is 0 Å². The number of aryl methyl sites for hydroxylation is 2. The first kappa shape index (κ1) is 18.9. The number of nitrogens with zero attached hydrogens (tertiary/aromatic N) is 1. The second-order valence-electron chi connectivity index (χ2n) is 8.41. The van der Waals surface area contributed by atoms with Gasteiger partial charge >= 0.3 is 0 Å². The van der Waals surface area contributed by atoms with Crippen LogP contribution in [0.15, 0.2) is 42.5 Å². The zero-order valence-electron chi connectivity index (χ0n) is 16.8. The number of likely N-dealkylation sites (tertiary alicyclic amines) is 1. The number of hydrogen-bond donors (Lipinski definition) is 1. The standard InChI is InChI=1S/C24H28N2O2/c1-17-7-8-18(2)21(15-17)22(27)19-5-3-4-6-20(19)23(28)26-13-10-24(11-14-26)9-12-25-16-24/h3-8,15,25H,9-14,16H2,1-2H3. The second kappa shape index (κ2) is 7.51. The number of ketones is 1. The molecule has 0 aromatic heterocycles. The Morgan fingerprint density at radius 3 is 2.32 bits per heavy atom. The molecule has 1 N–H and O–H groups in total. The lowest BCUT2D eigenvalue weighted by atomic mass is 9.77. The van der Waals surface area contributed by atoms with Gasteiger partial charge in [0.25, 0.3) is 5.91 Å². The van der Waals surface area contributed by atoms with Crippen molar-refractivity contribution in [1.82, 2.24) is 10.2 Å². The van der Waals surface area contributed by atoms with Crippen molar-refractivity contribution < 1.29 is 9.59 Å². The summed E-state index contributed by atoms with van der Waals surface area (Å²) < 4.78 is 0. The van der Waals surface area contributed by atoms with Crippen LogP contribution in [-0.4, -0.2) is 42.8 Å². The molecule has 2 aliphatic rings. The van der Waals surface area contributed by atoms with Gasteiger partial charge in [-0.1, -0.05) is 35.9 Å². The van der Waals surface area contributed by atoms with Crippen LogP contribution in [0.5, 0.6) is 0 Å². The SMILES string of the molecule is Cc1ccc(C)c(C(=O)c2ccccc2C(=O)N2CCC3(CCNC3)CC2)c1. The number of rotatable bonds is 3. The summed E-state index contributed by atoms with van der Waals surface area (Å²) in [5.74, 6) is -0.0892. The molecule has 146 valence electrons. The van der Waals surface area contributed by atoms with Crippen LogP contribution in [0.4, 0.5) is 0 Å². The Bertz CT molecular complexity index is 903. The van der Waals surface area contributed by atoms with Crippen LogP contribution < -0.4 is 5.32 Å². The molecular weight excluding hydrogens is 348 g/mol. The van der Waals surface area contributed by atoms with Gasteiger partial charge in [-0.25, -0.2) is 0 Å². The maximum absolute atomic E-state index is 13.3. The number of hydrogen-bond acceptors (Lipinski definition) is 3. The zero-order chi connectivity index (χ0) is 19.7. The molecule has 2 fully saturated rings. The molecule has 4 rings (SSSR count). The van der Waals surface area contributed by atoms with Gasteiger partial charge < -0.3 is 10.2 Å². The van der Waals surface area contributed by atoms with Crippen molar-refractivity contribution in [2.45, 2.75) is 33.1 Å². The van der Waals surface area contributed by atoms with E-state index in [1.807, 2.05) is 49.1 Å². The molecule has 0 aliphatic carbocycles. The summed E-state index contributed by atoms with van der Waals surface area (Å²) in [4.78, 5) is 28.5. The molecule has 2 aromatic carbocycles. The van der Waals surface area contributed by atoms with Crippen molar-refractivity contribution in [3.8, 4) is 0 Å². The minimum Gasteiger partial charge on any atom is -0.339 e. The fourth-order valence-electron chi connectivity index (χ4n) is 4.57. The summed E-state index contributed by atoms with van der Waals surface area (Å²) >= 11 is 0. The summed E-state index contributed by atoms with van der Waals surface area (Å²) in [6.45, 7) is 7.61.